The molecule has 16 nitrogen and oxygen atoms in total. The van der Waals surface area contributed by atoms with Crippen molar-refractivity contribution < 1.29 is 43.0 Å². The summed E-state index contributed by atoms with van der Waals surface area (Å²) in [6, 6.07) is 2.71. The minimum Gasteiger partial charge on any atom is -0.461 e. The van der Waals surface area contributed by atoms with Gasteiger partial charge in [0, 0.05) is 18.7 Å². The third-order valence-electron chi connectivity index (χ3n) is 6.02. The zero-order chi connectivity index (χ0) is 33.2. The van der Waals surface area contributed by atoms with Crippen molar-refractivity contribution in [2.75, 3.05) is 11.9 Å². The van der Waals surface area contributed by atoms with Crippen LogP contribution in [0.1, 0.15) is 58.9 Å². The van der Waals surface area contributed by atoms with E-state index in [9.17, 15) is 28.8 Å². The molecular formula is C28H42N8O8. The molecule has 0 spiro atoms. The summed E-state index contributed by atoms with van der Waals surface area (Å²) in [5.41, 5.74) is 20.4. The minimum atomic E-state index is -1.17. The molecule has 0 aliphatic heterocycles. The van der Waals surface area contributed by atoms with Crippen molar-refractivity contribution >= 4 is 47.6 Å². The van der Waals surface area contributed by atoms with Crippen molar-refractivity contribution in [2.24, 2.45) is 17.4 Å². The molecule has 0 fully saturated rings. The first-order valence-corrected chi connectivity index (χ1v) is 14.1. The first-order chi connectivity index (χ1) is 20.7. The number of carbonyl (C=O) groups excluding carboxylic acids is 6. The summed E-state index contributed by atoms with van der Waals surface area (Å²) in [6.07, 6.45) is -0.419. The number of esters is 1. The Morgan fingerprint density at radius 3 is 2.18 bits per heavy atom. The normalized spacial score (nSPS) is 12.6. The lowest BCUT2D eigenvalue weighted by atomic mass is 10.0. The Labute approximate surface area is 255 Å². The first-order valence-electron chi connectivity index (χ1n) is 14.1. The quantitative estimate of drug-likeness (QED) is 0.0445. The van der Waals surface area contributed by atoms with Crippen molar-refractivity contribution in [1.29, 1.82) is 0 Å². The molecule has 1 aromatic rings. The Morgan fingerprint density at radius 2 is 1.61 bits per heavy atom. The molecule has 8 N–H and O–H groups in total. The summed E-state index contributed by atoms with van der Waals surface area (Å²) in [6.45, 7) is 6.85. The number of hydrogen-bond acceptors (Lipinski definition) is 9. The zero-order valence-corrected chi connectivity index (χ0v) is 25.3. The topological polar surface area (TPSA) is 257 Å². The molecule has 242 valence electrons. The van der Waals surface area contributed by atoms with Crippen molar-refractivity contribution in [1.82, 2.24) is 16.0 Å². The van der Waals surface area contributed by atoms with Gasteiger partial charge in [0.25, 0.3) is 0 Å². The molecule has 0 saturated heterocycles. The fourth-order valence-electron chi connectivity index (χ4n) is 3.58. The molecule has 44 heavy (non-hydrogen) atoms. The van der Waals surface area contributed by atoms with E-state index in [1.165, 1.54) is 0 Å². The average Bonchev–Trinajstić information content (AvgIpc) is 2.95. The smallest absolute Gasteiger partial charge is 0.408 e. The van der Waals surface area contributed by atoms with Crippen molar-refractivity contribution in [3.05, 3.63) is 35.4 Å². The molecule has 0 radical (unpaired) electrons. The molecule has 0 bridgehead atoms. The zero-order valence-electron chi connectivity index (χ0n) is 25.3. The number of anilines is 1. The van der Waals surface area contributed by atoms with E-state index in [1.54, 1.807) is 52.0 Å². The summed E-state index contributed by atoms with van der Waals surface area (Å²) in [5, 5.41) is 10.2. The number of ether oxygens (including phenoxy) is 2. The standard InChI is InChI=1S/C28H42N8O8/c1-16(2)23(29)25(39)35-21(6-5-13-32-27(30)41)24(38)34-19-9-7-18(8-10-19)15-43-28(42)36-22(26(40)44-17(3)4)12-11-20(37)14-33-31/h7-10,14,16-17,21-23H,5-6,11-13,15,29H2,1-4H3,(H,34,38)(H,35,39)(H,36,42)(H3,30,32,41). The maximum atomic E-state index is 13.0. The summed E-state index contributed by atoms with van der Waals surface area (Å²) in [7, 11) is 0. The second-order valence-electron chi connectivity index (χ2n) is 10.5. The molecule has 3 atom stereocenters. The van der Waals surface area contributed by atoms with Crippen LogP contribution in [0.4, 0.5) is 15.3 Å². The predicted molar refractivity (Wildman–Crippen MR) is 159 cm³/mol. The van der Waals surface area contributed by atoms with E-state index >= 15 is 0 Å². The monoisotopic (exact) mass is 618 g/mol. The Balaban J connectivity index is 2.79. The molecule has 3 unspecified atom stereocenters. The first kappa shape index (κ1) is 37.2. The highest BCUT2D eigenvalue weighted by Gasteiger charge is 2.26. The van der Waals surface area contributed by atoms with Gasteiger partial charge >= 0.3 is 24.3 Å². The van der Waals surface area contributed by atoms with E-state index in [4.69, 9.17) is 26.5 Å². The van der Waals surface area contributed by atoms with Crippen LogP contribution in [-0.4, -0.2) is 77.5 Å². The van der Waals surface area contributed by atoms with Crippen molar-refractivity contribution in [2.45, 2.75) is 84.2 Å². The molecule has 5 amide bonds. The van der Waals surface area contributed by atoms with Crippen LogP contribution in [0, 0.1) is 5.92 Å². The number of carbonyl (C=O) groups is 6. The van der Waals surface area contributed by atoms with Crippen molar-refractivity contribution in [3.8, 4) is 0 Å². The van der Waals surface area contributed by atoms with Gasteiger partial charge in [0.15, 0.2) is 0 Å². The van der Waals surface area contributed by atoms with Crippen LogP contribution in [-0.2, 0) is 35.3 Å². The van der Waals surface area contributed by atoms with Crippen LogP contribution in [0.2, 0.25) is 0 Å². The van der Waals surface area contributed by atoms with Crippen LogP contribution in [0.3, 0.4) is 0 Å². The SMILES string of the molecule is CC(C)OC(=O)C(CCC(=O)C=[N+]=[N-])NC(=O)OCc1ccc(NC(=O)C(CCCNC(N)=O)NC(=O)C(N)C(C)C)cc1. The molecule has 0 aliphatic carbocycles. The highest BCUT2D eigenvalue weighted by atomic mass is 16.6. The van der Waals surface area contributed by atoms with E-state index in [0.29, 0.717) is 23.9 Å². The van der Waals surface area contributed by atoms with Crippen LogP contribution in [0.5, 0.6) is 0 Å². The van der Waals surface area contributed by atoms with Crippen LogP contribution in [0.15, 0.2) is 24.3 Å². The second-order valence-corrected chi connectivity index (χ2v) is 10.5. The van der Waals surface area contributed by atoms with Crippen LogP contribution < -0.4 is 32.7 Å². The minimum absolute atomic E-state index is 0.105. The van der Waals surface area contributed by atoms with Gasteiger partial charge in [0.1, 0.15) is 18.7 Å². The van der Waals surface area contributed by atoms with Gasteiger partial charge in [-0.25, -0.2) is 14.4 Å². The fraction of sp³-hybridized carbons (Fsp3) is 0.536. The molecule has 1 rings (SSSR count). The van der Waals surface area contributed by atoms with Gasteiger partial charge in [-0.15, -0.1) is 0 Å². The van der Waals surface area contributed by atoms with Crippen LogP contribution in [0.25, 0.3) is 5.53 Å². The average molecular weight is 619 g/mol. The molecule has 16 heteroatoms. The van der Waals surface area contributed by atoms with E-state index < -0.39 is 59.9 Å². The number of nitrogens with zero attached hydrogens (tertiary/aromatic N) is 2. The molecule has 0 saturated carbocycles. The number of primary amides is 1. The highest BCUT2D eigenvalue weighted by Crippen LogP contribution is 2.13. The van der Waals surface area contributed by atoms with E-state index in [-0.39, 0.29) is 38.3 Å². The van der Waals surface area contributed by atoms with E-state index in [1.807, 2.05) is 0 Å². The summed E-state index contributed by atoms with van der Waals surface area (Å²) in [4.78, 5) is 75.4. The van der Waals surface area contributed by atoms with Crippen molar-refractivity contribution in [3.63, 3.8) is 0 Å². The van der Waals surface area contributed by atoms with E-state index in [0.717, 1.165) is 0 Å². The number of nitrogens with two attached hydrogens (primary N) is 2. The van der Waals surface area contributed by atoms with Crippen LogP contribution >= 0.6 is 0 Å². The lowest BCUT2D eigenvalue weighted by Gasteiger charge is -2.22. The number of benzene rings is 1. The maximum Gasteiger partial charge on any atom is 0.408 e. The Bertz CT molecular complexity index is 1200. The van der Waals surface area contributed by atoms with Gasteiger partial charge in [-0.2, -0.15) is 4.79 Å². The Morgan fingerprint density at radius 1 is 0.955 bits per heavy atom. The molecule has 0 aromatic heterocycles. The molecule has 1 aromatic carbocycles. The number of nitrogens with one attached hydrogen (secondary N) is 4. The Kier molecular flexibility index (Phi) is 16.4. The van der Waals surface area contributed by atoms with Gasteiger partial charge in [-0.05, 0) is 56.7 Å². The van der Waals surface area contributed by atoms with Gasteiger partial charge in [-0.3, -0.25) is 14.4 Å². The molecule has 0 heterocycles. The Hall–Kier alpha value is -4.82. The summed E-state index contributed by atoms with van der Waals surface area (Å²) >= 11 is 0. The molecular weight excluding hydrogens is 576 g/mol. The summed E-state index contributed by atoms with van der Waals surface area (Å²) < 4.78 is 10.3. The lowest BCUT2D eigenvalue weighted by Crippen LogP contribution is -2.51. The lowest BCUT2D eigenvalue weighted by molar-refractivity contribution is -0.150. The second kappa shape index (κ2) is 19.4. The fourth-order valence-corrected chi connectivity index (χ4v) is 3.58. The summed E-state index contributed by atoms with van der Waals surface area (Å²) in [5.74, 6) is -2.44. The van der Waals surface area contributed by atoms with Gasteiger partial charge in [0.05, 0.1) is 12.1 Å². The van der Waals surface area contributed by atoms with Gasteiger partial charge in [0.2, 0.25) is 17.6 Å². The molecule has 0 aliphatic rings. The third-order valence-corrected chi connectivity index (χ3v) is 6.02. The number of amides is 5. The number of alkyl carbamates (subject to hydrolysis) is 1. The third kappa shape index (κ3) is 14.9. The van der Waals surface area contributed by atoms with Gasteiger partial charge < -0.3 is 47.7 Å². The largest absolute Gasteiger partial charge is 0.461 e. The number of ketones is 1. The van der Waals surface area contributed by atoms with E-state index in [2.05, 4.69) is 26.1 Å². The number of rotatable bonds is 18. The number of Topliss-reactive ketones (excluding diaryl/α,β-unsaturated/α-hetero) is 1. The maximum absolute atomic E-state index is 13.0. The number of hydrogen-bond donors (Lipinski definition) is 6. The number of urea groups is 1. The van der Waals surface area contributed by atoms with Gasteiger partial charge in [-0.1, -0.05) is 26.0 Å². The predicted octanol–water partition coefficient (Wildman–Crippen LogP) is 0.738. The highest BCUT2D eigenvalue weighted by molar-refractivity contribution is 6.25.